The Balaban J connectivity index is 0.00000133. The molecule has 4 aromatic rings. The second-order valence-corrected chi connectivity index (χ2v) is 9.05. The molecule has 4 heterocycles. The normalized spacial score (nSPS) is 13.8. The van der Waals surface area contributed by atoms with Crippen molar-refractivity contribution in [2.24, 2.45) is 0 Å². The molecule has 4 nitrogen and oxygen atoms in total. The number of H-pyrrole nitrogens is 1. The van der Waals surface area contributed by atoms with E-state index in [9.17, 15) is 0 Å². The van der Waals surface area contributed by atoms with Gasteiger partial charge in [0.05, 0.1) is 23.2 Å². The summed E-state index contributed by atoms with van der Waals surface area (Å²) in [6, 6.07) is 13.1. The maximum absolute atomic E-state index is 4.73. The lowest BCUT2D eigenvalue weighted by Gasteiger charge is -2.06. The molecular formula is C29H28N4S. The van der Waals surface area contributed by atoms with Crippen LogP contribution in [0, 0.1) is 12.8 Å². The van der Waals surface area contributed by atoms with Gasteiger partial charge in [0.2, 0.25) is 0 Å². The van der Waals surface area contributed by atoms with E-state index in [0.717, 1.165) is 58.5 Å². The van der Waals surface area contributed by atoms with Crippen LogP contribution in [0.15, 0.2) is 73.2 Å². The molecule has 1 aliphatic heterocycles. The van der Waals surface area contributed by atoms with E-state index in [4.69, 9.17) is 4.98 Å². The zero-order valence-electron chi connectivity index (χ0n) is 19.5. The lowest BCUT2D eigenvalue weighted by atomic mass is 10.0. The number of aromatic nitrogens is 3. The van der Waals surface area contributed by atoms with Crippen molar-refractivity contribution >= 4 is 33.4 Å². The van der Waals surface area contributed by atoms with E-state index < -0.39 is 0 Å². The van der Waals surface area contributed by atoms with Gasteiger partial charge in [0.1, 0.15) is 0 Å². The van der Waals surface area contributed by atoms with Crippen LogP contribution in [-0.4, -0.2) is 28.0 Å². The molecule has 0 fully saturated rings. The van der Waals surface area contributed by atoms with Crippen molar-refractivity contribution in [3.8, 4) is 34.5 Å². The average molecular weight is 465 g/mol. The molecule has 170 valence electrons. The van der Waals surface area contributed by atoms with Crippen LogP contribution in [0.5, 0.6) is 0 Å². The third-order valence-electron chi connectivity index (χ3n) is 5.72. The quantitative estimate of drug-likeness (QED) is 0.240. The van der Waals surface area contributed by atoms with Gasteiger partial charge in [-0.25, -0.2) is 4.98 Å². The monoisotopic (exact) mass is 464 g/mol. The standard InChI is InChI=1S/C27H26N4S.C2H2/c1-3-4-5-6-18(2)26-27(31-17-30-26)19-7-8-23-21(13-19)14-22(16-29-23)25-10-9-24(32-25)20-11-12-28-15-20;1-2/h4-11,13-14,16-17,28H,3,12,15H2,1-2H3,(H,30,31);1-2H/b5-4-,18-6+;. The Morgan fingerprint density at radius 2 is 1.91 bits per heavy atom. The Labute approximate surface area is 205 Å². The van der Waals surface area contributed by atoms with Crippen molar-refractivity contribution in [3.05, 3.63) is 83.8 Å². The van der Waals surface area contributed by atoms with Gasteiger partial charge in [-0.2, -0.15) is 0 Å². The van der Waals surface area contributed by atoms with Crippen molar-refractivity contribution in [2.45, 2.75) is 20.3 Å². The summed E-state index contributed by atoms with van der Waals surface area (Å²) in [4.78, 5) is 15.2. The minimum absolute atomic E-state index is 0.952. The minimum Gasteiger partial charge on any atom is -0.344 e. The second-order valence-electron chi connectivity index (χ2n) is 7.97. The Hall–Kier alpha value is -3.72. The van der Waals surface area contributed by atoms with E-state index in [2.05, 4.69) is 103 Å². The number of fused-ring (bicyclic) bond motifs is 1. The molecule has 34 heavy (non-hydrogen) atoms. The van der Waals surface area contributed by atoms with Gasteiger partial charge in [0.15, 0.2) is 0 Å². The van der Waals surface area contributed by atoms with Gasteiger partial charge < -0.3 is 10.3 Å². The smallest absolute Gasteiger partial charge is 0.0932 e. The van der Waals surface area contributed by atoms with Crippen molar-refractivity contribution in [1.29, 1.82) is 0 Å². The Morgan fingerprint density at radius 1 is 1.09 bits per heavy atom. The summed E-state index contributed by atoms with van der Waals surface area (Å²) in [7, 11) is 0. The minimum atomic E-state index is 0.952. The van der Waals surface area contributed by atoms with Crippen LogP contribution in [0.2, 0.25) is 0 Å². The SMILES string of the molecule is C#C.CC/C=C\C=C(/C)c1nc[nH]c1-c1ccc2ncc(-c3ccc(C4=CCNC4)s3)cc2c1. The second kappa shape index (κ2) is 10.9. The molecule has 2 N–H and O–H groups in total. The molecule has 0 atom stereocenters. The van der Waals surface area contributed by atoms with Gasteiger partial charge in [-0.15, -0.1) is 24.2 Å². The largest absolute Gasteiger partial charge is 0.344 e. The lowest BCUT2D eigenvalue weighted by molar-refractivity contribution is 0.898. The predicted molar refractivity (Wildman–Crippen MR) is 146 cm³/mol. The third kappa shape index (κ3) is 4.94. The highest BCUT2D eigenvalue weighted by atomic mass is 32.1. The molecule has 0 aliphatic carbocycles. The van der Waals surface area contributed by atoms with Gasteiger partial charge in [-0.1, -0.05) is 37.3 Å². The molecule has 0 spiro atoms. The number of pyridine rings is 1. The Morgan fingerprint density at radius 3 is 2.71 bits per heavy atom. The number of imidazole rings is 1. The van der Waals surface area contributed by atoms with Gasteiger partial charge in [-0.3, -0.25) is 4.98 Å². The molecule has 0 bridgehead atoms. The van der Waals surface area contributed by atoms with E-state index >= 15 is 0 Å². The van der Waals surface area contributed by atoms with Crippen molar-refractivity contribution in [1.82, 2.24) is 20.3 Å². The molecule has 3 aromatic heterocycles. The molecule has 0 saturated heterocycles. The molecule has 0 radical (unpaired) electrons. The number of allylic oxidation sites excluding steroid dienone is 4. The number of nitrogens with one attached hydrogen (secondary N) is 2. The highest BCUT2D eigenvalue weighted by Gasteiger charge is 2.13. The number of nitrogens with zero attached hydrogens (tertiary/aromatic N) is 2. The van der Waals surface area contributed by atoms with E-state index in [1.807, 2.05) is 17.5 Å². The maximum Gasteiger partial charge on any atom is 0.0932 e. The first kappa shape index (κ1) is 23.4. The first-order valence-electron chi connectivity index (χ1n) is 11.3. The van der Waals surface area contributed by atoms with E-state index in [1.54, 1.807) is 6.33 Å². The Bertz CT molecular complexity index is 1400. The highest BCUT2D eigenvalue weighted by Crippen LogP contribution is 2.34. The summed E-state index contributed by atoms with van der Waals surface area (Å²) in [5, 5.41) is 4.51. The number of aromatic amines is 1. The van der Waals surface area contributed by atoms with Crippen molar-refractivity contribution < 1.29 is 0 Å². The lowest BCUT2D eigenvalue weighted by Crippen LogP contribution is -2.07. The van der Waals surface area contributed by atoms with E-state index in [-0.39, 0.29) is 0 Å². The molecular weight excluding hydrogens is 436 g/mol. The molecule has 0 saturated carbocycles. The zero-order valence-corrected chi connectivity index (χ0v) is 20.3. The first-order valence-corrected chi connectivity index (χ1v) is 12.2. The number of hydrogen-bond donors (Lipinski definition) is 2. The van der Waals surface area contributed by atoms with E-state index in [1.165, 1.54) is 15.3 Å². The van der Waals surface area contributed by atoms with Crippen LogP contribution in [-0.2, 0) is 0 Å². The van der Waals surface area contributed by atoms with Crippen molar-refractivity contribution in [3.63, 3.8) is 0 Å². The summed E-state index contributed by atoms with van der Waals surface area (Å²) < 4.78 is 0. The number of hydrogen-bond acceptors (Lipinski definition) is 4. The van der Waals surface area contributed by atoms with Crippen LogP contribution in [0.25, 0.3) is 43.7 Å². The van der Waals surface area contributed by atoms with Gasteiger partial charge >= 0.3 is 0 Å². The third-order valence-corrected chi connectivity index (χ3v) is 6.93. The summed E-state index contributed by atoms with van der Waals surface area (Å²) in [5.74, 6) is 0. The summed E-state index contributed by atoms with van der Waals surface area (Å²) in [6.07, 6.45) is 21.4. The van der Waals surface area contributed by atoms with Crippen molar-refractivity contribution in [2.75, 3.05) is 13.1 Å². The summed E-state index contributed by atoms with van der Waals surface area (Å²) >= 11 is 1.83. The Kier molecular flexibility index (Phi) is 7.54. The summed E-state index contributed by atoms with van der Waals surface area (Å²) in [5.41, 5.74) is 7.82. The predicted octanol–water partition coefficient (Wildman–Crippen LogP) is 6.96. The van der Waals surface area contributed by atoms with Crippen LogP contribution < -0.4 is 5.32 Å². The topological polar surface area (TPSA) is 53.6 Å². The fourth-order valence-corrected chi connectivity index (χ4v) is 5.02. The zero-order chi connectivity index (χ0) is 23.9. The molecule has 1 aliphatic rings. The van der Waals surface area contributed by atoms with Crippen LogP contribution in [0.4, 0.5) is 0 Å². The van der Waals surface area contributed by atoms with Gasteiger partial charge in [0, 0.05) is 45.6 Å². The van der Waals surface area contributed by atoms with Crippen LogP contribution in [0.3, 0.4) is 0 Å². The average Bonchev–Trinajstić information content (AvgIpc) is 3.66. The fraction of sp³-hybridized carbons (Fsp3) is 0.172. The molecule has 0 unspecified atom stereocenters. The van der Waals surface area contributed by atoms with Gasteiger partial charge in [-0.05, 0) is 54.8 Å². The number of rotatable bonds is 6. The number of terminal acetylenes is 1. The molecule has 5 heteroatoms. The summed E-state index contributed by atoms with van der Waals surface area (Å²) in [6.45, 7) is 6.15. The number of thiophene rings is 1. The van der Waals surface area contributed by atoms with Crippen LogP contribution >= 0.6 is 11.3 Å². The van der Waals surface area contributed by atoms with Gasteiger partial charge in [0.25, 0.3) is 0 Å². The van der Waals surface area contributed by atoms with Crippen LogP contribution in [0.1, 0.15) is 30.8 Å². The fourth-order valence-electron chi connectivity index (χ4n) is 3.99. The highest BCUT2D eigenvalue weighted by molar-refractivity contribution is 7.16. The molecule has 0 amide bonds. The molecule has 5 rings (SSSR count). The number of benzene rings is 1. The maximum atomic E-state index is 4.73. The first-order chi connectivity index (χ1) is 16.7. The van der Waals surface area contributed by atoms with E-state index in [0.29, 0.717) is 0 Å². The molecule has 1 aromatic carbocycles.